The van der Waals surface area contributed by atoms with E-state index in [1.54, 1.807) is 0 Å². The second-order valence-electron chi connectivity index (χ2n) is 9.39. The first-order valence-corrected chi connectivity index (χ1v) is 10.4. The minimum Gasteiger partial charge on any atom is -0.491 e. The zero-order valence-electron chi connectivity index (χ0n) is 18.5. The molecule has 0 spiro atoms. The third-order valence-corrected chi connectivity index (χ3v) is 5.29. The van der Waals surface area contributed by atoms with Crippen LogP contribution in [0.2, 0.25) is 0 Å². The zero-order valence-corrected chi connectivity index (χ0v) is 18.5. The normalized spacial score (nSPS) is 22.6. The van der Waals surface area contributed by atoms with Gasteiger partial charge in [-0.1, -0.05) is 19.1 Å². The van der Waals surface area contributed by atoms with E-state index < -0.39 is 0 Å². The van der Waals surface area contributed by atoms with Crippen molar-refractivity contribution in [2.45, 2.75) is 65.7 Å². The molecule has 0 saturated carbocycles. The van der Waals surface area contributed by atoms with Crippen LogP contribution < -0.4 is 4.74 Å². The van der Waals surface area contributed by atoms with E-state index in [0.717, 1.165) is 51.4 Å². The maximum Gasteiger partial charge on any atom is 0.119 e. The summed E-state index contributed by atoms with van der Waals surface area (Å²) in [6.45, 7) is 16.0. The molecule has 0 aromatic heterocycles. The maximum absolute atomic E-state index is 6.03. The molecule has 1 fully saturated rings. The van der Waals surface area contributed by atoms with Crippen molar-refractivity contribution in [3.8, 4) is 5.75 Å². The van der Waals surface area contributed by atoms with Crippen molar-refractivity contribution in [3.63, 3.8) is 0 Å². The highest BCUT2D eigenvalue weighted by Crippen LogP contribution is 2.40. The molecule has 1 aliphatic heterocycles. The summed E-state index contributed by atoms with van der Waals surface area (Å²) >= 11 is 0. The summed E-state index contributed by atoms with van der Waals surface area (Å²) in [5, 5.41) is 0. The van der Waals surface area contributed by atoms with Gasteiger partial charge in [0, 0.05) is 31.7 Å². The lowest BCUT2D eigenvalue weighted by molar-refractivity contribution is -0.117. The van der Waals surface area contributed by atoms with Gasteiger partial charge >= 0.3 is 0 Å². The summed E-state index contributed by atoms with van der Waals surface area (Å²) in [5.41, 5.74) is 1.59. The van der Waals surface area contributed by atoms with Crippen LogP contribution in [0.1, 0.15) is 53.0 Å². The summed E-state index contributed by atoms with van der Waals surface area (Å²) < 4.78 is 11.8. The van der Waals surface area contributed by atoms with Gasteiger partial charge in [0.2, 0.25) is 0 Å². The van der Waals surface area contributed by atoms with E-state index in [1.165, 1.54) is 5.56 Å². The van der Waals surface area contributed by atoms with Crippen molar-refractivity contribution in [2.24, 2.45) is 5.41 Å². The van der Waals surface area contributed by atoms with Gasteiger partial charge in [0.25, 0.3) is 0 Å². The Bertz CT molecular complexity index is 568. The molecule has 4 nitrogen and oxygen atoms in total. The summed E-state index contributed by atoms with van der Waals surface area (Å²) in [4.78, 5) is 4.93. The van der Waals surface area contributed by atoms with Crippen LogP contribution in [0.15, 0.2) is 24.3 Å². The SMILES string of the molecule is CCN(Cc1ccc(OC(C)C)cc1)C[C@@]1(CN(C)C)CCOC(C)(C)C1. The van der Waals surface area contributed by atoms with E-state index in [0.29, 0.717) is 0 Å². The molecule has 0 unspecified atom stereocenters. The average molecular weight is 377 g/mol. The van der Waals surface area contributed by atoms with Crippen LogP contribution in [0.4, 0.5) is 0 Å². The molecule has 1 aromatic carbocycles. The Morgan fingerprint density at radius 3 is 2.30 bits per heavy atom. The first kappa shape index (κ1) is 22.2. The van der Waals surface area contributed by atoms with Crippen molar-refractivity contribution in [3.05, 3.63) is 29.8 Å². The van der Waals surface area contributed by atoms with Crippen LogP contribution in [0.3, 0.4) is 0 Å². The van der Waals surface area contributed by atoms with Crippen LogP contribution in [0.5, 0.6) is 5.75 Å². The summed E-state index contributed by atoms with van der Waals surface area (Å²) in [5.74, 6) is 0.951. The molecule has 0 radical (unpaired) electrons. The van der Waals surface area contributed by atoms with Gasteiger partial charge in [-0.2, -0.15) is 0 Å². The lowest BCUT2D eigenvalue weighted by Gasteiger charge is -2.48. The molecular formula is C23H40N2O2. The fraction of sp³-hybridized carbons (Fsp3) is 0.739. The largest absolute Gasteiger partial charge is 0.491 e. The highest BCUT2D eigenvalue weighted by atomic mass is 16.5. The van der Waals surface area contributed by atoms with E-state index in [4.69, 9.17) is 9.47 Å². The number of hydrogen-bond donors (Lipinski definition) is 0. The van der Waals surface area contributed by atoms with E-state index in [9.17, 15) is 0 Å². The van der Waals surface area contributed by atoms with Gasteiger partial charge in [-0.3, -0.25) is 4.90 Å². The quantitative estimate of drug-likeness (QED) is 0.636. The fourth-order valence-electron chi connectivity index (χ4n) is 4.53. The molecule has 0 N–H and O–H groups in total. The maximum atomic E-state index is 6.03. The Morgan fingerprint density at radius 1 is 1.11 bits per heavy atom. The Labute approximate surface area is 166 Å². The molecule has 2 rings (SSSR count). The molecule has 0 bridgehead atoms. The predicted molar refractivity (Wildman–Crippen MR) is 113 cm³/mol. The van der Waals surface area contributed by atoms with Crippen LogP contribution >= 0.6 is 0 Å². The van der Waals surface area contributed by atoms with Gasteiger partial charge in [-0.15, -0.1) is 0 Å². The van der Waals surface area contributed by atoms with E-state index in [1.807, 2.05) is 0 Å². The molecule has 4 heteroatoms. The van der Waals surface area contributed by atoms with E-state index in [-0.39, 0.29) is 17.1 Å². The second kappa shape index (κ2) is 9.40. The average Bonchev–Trinajstić information content (AvgIpc) is 2.53. The number of nitrogens with zero attached hydrogens (tertiary/aromatic N) is 2. The van der Waals surface area contributed by atoms with Crippen molar-refractivity contribution < 1.29 is 9.47 Å². The monoisotopic (exact) mass is 376 g/mol. The summed E-state index contributed by atoms with van der Waals surface area (Å²) in [6, 6.07) is 8.59. The van der Waals surface area contributed by atoms with Crippen LogP contribution in [-0.4, -0.2) is 61.8 Å². The number of hydrogen-bond acceptors (Lipinski definition) is 4. The molecule has 0 amide bonds. The molecule has 0 aliphatic carbocycles. The second-order valence-corrected chi connectivity index (χ2v) is 9.39. The van der Waals surface area contributed by atoms with Gasteiger partial charge in [-0.25, -0.2) is 0 Å². The van der Waals surface area contributed by atoms with Crippen molar-refractivity contribution in [1.29, 1.82) is 0 Å². The van der Waals surface area contributed by atoms with Crippen molar-refractivity contribution in [2.75, 3.05) is 40.3 Å². The van der Waals surface area contributed by atoms with Gasteiger partial charge in [0.15, 0.2) is 0 Å². The molecular weight excluding hydrogens is 336 g/mol. The van der Waals surface area contributed by atoms with Gasteiger partial charge in [0.05, 0.1) is 11.7 Å². The number of ether oxygens (including phenoxy) is 2. The summed E-state index contributed by atoms with van der Waals surface area (Å²) in [6.07, 6.45) is 2.45. The minimum atomic E-state index is -0.0382. The van der Waals surface area contributed by atoms with Gasteiger partial charge in [0.1, 0.15) is 5.75 Å². The first-order chi connectivity index (χ1) is 12.6. The van der Waals surface area contributed by atoms with Crippen molar-refractivity contribution >= 4 is 0 Å². The zero-order chi connectivity index (χ0) is 20.1. The van der Waals surface area contributed by atoms with Crippen molar-refractivity contribution in [1.82, 2.24) is 9.80 Å². The molecule has 1 saturated heterocycles. The Hall–Kier alpha value is -1.10. The highest BCUT2D eigenvalue weighted by Gasteiger charge is 2.42. The minimum absolute atomic E-state index is 0.0382. The molecule has 154 valence electrons. The smallest absolute Gasteiger partial charge is 0.119 e. The molecule has 27 heavy (non-hydrogen) atoms. The lowest BCUT2D eigenvalue weighted by Crippen LogP contribution is -2.51. The van der Waals surface area contributed by atoms with E-state index in [2.05, 4.69) is 82.8 Å². The third-order valence-electron chi connectivity index (χ3n) is 5.29. The third kappa shape index (κ3) is 7.10. The Kier molecular flexibility index (Phi) is 7.73. The van der Waals surface area contributed by atoms with Crippen LogP contribution in [-0.2, 0) is 11.3 Å². The summed E-state index contributed by atoms with van der Waals surface area (Å²) in [7, 11) is 4.38. The molecule has 1 heterocycles. The van der Waals surface area contributed by atoms with Gasteiger partial charge < -0.3 is 14.4 Å². The van der Waals surface area contributed by atoms with Gasteiger partial charge in [-0.05, 0) is 78.9 Å². The topological polar surface area (TPSA) is 24.9 Å². The lowest BCUT2D eigenvalue weighted by atomic mass is 9.73. The Morgan fingerprint density at radius 2 is 1.78 bits per heavy atom. The number of rotatable bonds is 9. The standard InChI is InChI=1S/C23H40N2O2/c1-8-25(15-20-9-11-21(12-10-20)27-19(2)3)18-23(17-24(6)7)13-14-26-22(4,5)16-23/h9-12,19H,8,13-18H2,1-7H3/t23-/m0/s1. The molecule has 1 aromatic rings. The molecule has 1 atom stereocenters. The molecule has 1 aliphatic rings. The van der Waals surface area contributed by atoms with Crippen LogP contribution in [0.25, 0.3) is 0 Å². The first-order valence-electron chi connectivity index (χ1n) is 10.4. The van der Waals surface area contributed by atoms with Crippen LogP contribution in [0, 0.1) is 5.41 Å². The number of benzene rings is 1. The highest BCUT2D eigenvalue weighted by molar-refractivity contribution is 5.27. The fourth-order valence-corrected chi connectivity index (χ4v) is 4.53. The Balaban J connectivity index is 2.08. The predicted octanol–water partition coefficient (Wildman–Crippen LogP) is 4.43. The van der Waals surface area contributed by atoms with E-state index >= 15 is 0 Å².